The first-order valence-electron chi connectivity index (χ1n) is 6.15. The van der Waals surface area contributed by atoms with Crippen molar-refractivity contribution >= 4 is 11.7 Å². The number of Topliss-reactive ketones (excluding diaryl/α,β-unsaturated/α-hetero) is 1. The third-order valence-electron chi connectivity index (χ3n) is 3.21. The fourth-order valence-electron chi connectivity index (χ4n) is 2.25. The summed E-state index contributed by atoms with van der Waals surface area (Å²) in [6, 6.07) is 7.49. The van der Waals surface area contributed by atoms with E-state index in [1.54, 1.807) is 6.07 Å². The van der Waals surface area contributed by atoms with Gasteiger partial charge in [-0.15, -0.1) is 0 Å². The summed E-state index contributed by atoms with van der Waals surface area (Å²) in [7, 11) is 0. The Balaban J connectivity index is 2.06. The van der Waals surface area contributed by atoms with E-state index in [1.165, 1.54) is 36.6 Å². The predicted molar refractivity (Wildman–Crippen MR) is 70.0 cm³/mol. The maximum absolute atomic E-state index is 13.3. The van der Waals surface area contributed by atoms with Gasteiger partial charge in [-0.2, -0.15) is 0 Å². The zero-order valence-corrected chi connectivity index (χ0v) is 10.7. The molecule has 21 heavy (non-hydrogen) atoms. The van der Waals surface area contributed by atoms with Crippen LogP contribution in [-0.4, -0.2) is 16.8 Å². The highest BCUT2D eigenvalue weighted by molar-refractivity contribution is 6.14. The lowest BCUT2D eigenvalue weighted by Crippen LogP contribution is -2.23. The molecule has 0 bridgehead atoms. The molecule has 3 rings (SSSR count). The van der Waals surface area contributed by atoms with E-state index < -0.39 is 29.3 Å². The third kappa shape index (κ3) is 2.20. The lowest BCUT2D eigenvalue weighted by atomic mass is 9.96. The number of carbonyl (C=O) groups excluding carboxylic acids is 2. The van der Waals surface area contributed by atoms with Crippen molar-refractivity contribution in [1.82, 2.24) is 5.32 Å². The molecular weight excluding hydrogens is 277 g/mol. The maximum atomic E-state index is 13.3. The molecule has 2 N–H and O–H groups in total. The van der Waals surface area contributed by atoms with Crippen molar-refractivity contribution < 1.29 is 23.5 Å². The second-order valence-electron chi connectivity index (χ2n) is 4.53. The number of aliphatic hydroxyl groups is 1. The number of rotatable bonds is 3. The van der Waals surface area contributed by atoms with Gasteiger partial charge in [0.05, 0.1) is 17.9 Å². The first-order valence-corrected chi connectivity index (χ1v) is 6.15. The number of furan rings is 1. The number of nitrogens with one attached hydrogen (secondary N) is 1. The summed E-state index contributed by atoms with van der Waals surface area (Å²) >= 11 is 0. The zero-order chi connectivity index (χ0) is 15.0. The van der Waals surface area contributed by atoms with Crippen LogP contribution < -0.4 is 5.32 Å². The molecule has 0 radical (unpaired) electrons. The minimum absolute atomic E-state index is 0.00514. The lowest BCUT2D eigenvalue weighted by molar-refractivity contribution is -0.119. The van der Waals surface area contributed by atoms with E-state index in [1.807, 2.05) is 0 Å². The second-order valence-corrected chi connectivity index (χ2v) is 4.53. The summed E-state index contributed by atoms with van der Waals surface area (Å²) in [5.74, 6) is -2.58. The average molecular weight is 287 g/mol. The second kappa shape index (κ2) is 4.90. The van der Waals surface area contributed by atoms with Crippen molar-refractivity contribution in [3.63, 3.8) is 0 Å². The molecule has 0 fully saturated rings. The summed E-state index contributed by atoms with van der Waals surface area (Å²) < 4.78 is 18.3. The highest BCUT2D eigenvalue weighted by Gasteiger charge is 2.38. The molecule has 0 saturated heterocycles. The number of ketones is 1. The quantitative estimate of drug-likeness (QED) is 0.849. The molecule has 1 aromatic heterocycles. The lowest BCUT2D eigenvalue weighted by Gasteiger charge is -2.13. The largest absolute Gasteiger partial charge is 0.503 e. The van der Waals surface area contributed by atoms with Crippen molar-refractivity contribution in [1.29, 1.82) is 0 Å². The number of amides is 1. The predicted octanol–water partition coefficient (Wildman–Crippen LogP) is 2.28. The number of halogens is 1. The van der Waals surface area contributed by atoms with Crippen LogP contribution in [0.2, 0.25) is 0 Å². The van der Waals surface area contributed by atoms with Gasteiger partial charge in [-0.05, 0) is 29.8 Å². The Hall–Kier alpha value is -2.89. The zero-order valence-electron chi connectivity index (χ0n) is 10.7. The Morgan fingerprint density at radius 3 is 2.76 bits per heavy atom. The van der Waals surface area contributed by atoms with Crippen molar-refractivity contribution in [3.05, 3.63) is 71.1 Å². The number of hydrogen-bond acceptors (Lipinski definition) is 4. The highest BCUT2D eigenvalue weighted by Crippen LogP contribution is 2.32. The Morgan fingerprint density at radius 2 is 2.10 bits per heavy atom. The molecule has 5 nitrogen and oxygen atoms in total. The molecule has 2 aromatic rings. The SMILES string of the molecule is O=C1N[C@H](c2cccc(F)c2)C(C(=O)c2ccco2)=C1O. The Bertz CT molecular complexity index is 749. The van der Waals surface area contributed by atoms with Crippen LogP contribution in [0.15, 0.2) is 58.4 Å². The highest BCUT2D eigenvalue weighted by atomic mass is 19.1. The molecule has 1 aliphatic heterocycles. The van der Waals surface area contributed by atoms with Gasteiger partial charge in [0.25, 0.3) is 5.91 Å². The molecule has 1 aromatic carbocycles. The Morgan fingerprint density at radius 1 is 1.29 bits per heavy atom. The van der Waals surface area contributed by atoms with Crippen LogP contribution in [0.25, 0.3) is 0 Å². The summed E-state index contributed by atoms with van der Waals surface area (Å²) in [5, 5.41) is 12.3. The van der Waals surface area contributed by atoms with Gasteiger partial charge in [0.1, 0.15) is 5.82 Å². The topological polar surface area (TPSA) is 79.5 Å². The monoisotopic (exact) mass is 287 g/mol. The van der Waals surface area contributed by atoms with Gasteiger partial charge >= 0.3 is 0 Å². The van der Waals surface area contributed by atoms with Gasteiger partial charge in [0.2, 0.25) is 5.78 Å². The minimum atomic E-state index is -0.911. The molecule has 6 heteroatoms. The average Bonchev–Trinajstić information content (AvgIpc) is 3.08. The first kappa shape index (κ1) is 13.1. The molecule has 106 valence electrons. The van der Waals surface area contributed by atoms with Crippen LogP contribution in [0.4, 0.5) is 4.39 Å². The number of benzene rings is 1. The van der Waals surface area contributed by atoms with Crippen molar-refractivity contribution in [2.24, 2.45) is 0 Å². The Labute approximate surface area is 118 Å². The number of hydrogen-bond donors (Lipinski definition) is 2. The van der Waals surface area contributed by atoms with E-state index in [2.05, 4.69) is 5.32 Å². The molecule has 1 aliphatic rings. The van der Waals surface area contributed by atoms with Crippen LogP contribution in [0.5, 0.6) is 0 Å². The molecule has 0 saturated carbocycles. The van der Waals surface area contributed by atoms with Crippen LogP contribution in [-0.2, 0) is 4.79 Å². The smallest absolute Gasteiger partial charge is 0.287 e. The first-order chi connectivity index (χ1) is 10.1. The summed E-state index contributed by atoms with van der Waals surface area (Å²) in [5.41, 5.74) is 0.211. The van der Waals surface area contributed by atoms with Gasteiger partial charge in [0.15, 0.2) is 11.5 Å². The van der Waals surface area contributed by atoms with Crippen molar-refractivity contribution in [2.45, 2.75) is 6.04 Å². The fourth-order valence-corrected chi connectivity index (χ4v) is 2.25. The molecule has 0 aliphatic carbocycles. The van der Waals surface area contributed by atoms with Crippen molar-refractivity contribution in [2.75, 3.05) is 0 Å². The van der Waals surface area contributed by atoms with Gasteiger partial charge in [0, 0.05) is 0 Å². The Kier molecular flexibility index (Phi) is 3.06. The summed E-state index contributed by atoms with van der Waals surface area (Å²) in [6.07, 6.45) is 1.31. The molecule has 1 amide bonds. The maximum Gasteiger partial charge on any atom is 0.287 e. The normalized spacial score (nSPS) is 18.0. The fraction of sp³-hybridized carbons (Fsp3) is 0.0667. The van der Waals surface area contributed by atoms with Crippen LogP contribution in [0.1, 0.15) is 22.2 Å². The van der Waals surface area contributed by atoms with Crippen molar-refractivity contribution in [3.8, 4) is 0 Å². The standard InChI is InChI=1S/C15H10FNO4/c16-9-4-1-3-8(7-9)12-11(14(19)15(20)17-12)13(18)10-5-2-6-21-10/h1-7,12,19H,(H,17,20)/t12-/m1/s1. The molecule has 2 heterocycles. The van der Waals surface area contributed by atoms with E-state index in [4.69, 9.17) is 4.42 Å². The number of aliphatic hydroxyl groups excluding tert-OH is 1. The van der Waals surface area contributed by atoms with Crippen LogP contribution in [0, 0.1) is 5.82 Å². The van der Waals surface area contributed by atoms with Crippen LogP contribution >= 0.6 is 0 Å². The third-order valence-corrected chi connectivity index (χ3v) is 3.21. The number of carbonyl (C=O) groups is 2. The molecule has 0 spiro atoms. The summed E-state index contributed by atoms with van der Waals surface area (Å²) in [4.78, 5) is 24.0. The van der Waals surface area contributed by atoms with E-state index in [0.29, 0.717) is 5.56 Å². The van der Waals surface area contributed by atoms with Gasteiger partial charge in [-0.25, -0.2) is 4.39 Å². The molecule has 1 atom stereocenters. The van der Waals surface area contributed by atoms with E-state index in [0.717, 1.165) is 0 Å². The van der Waals surface area contributed by atoms with Gasteiger partial charge in [-0.1, -0.05) is 12.1 Å². The molecule has 0 unspecified atom stereocenters. The van der Waals surface area contributed by atoms with E-state index in [9.17, 15) is 19.1 Å². The van der Waals surface area contributed by atoms with Gasteiger partial charge in [-0.3, -0.25) is 9.59 Å². The van der Waals surface area contributed by atoms with Crippen LogP contribution in [0.3, 0.4) is 0 Å². The van der Waals surface area contributed by atoms with Gasteiger partial charge < -0.3 is 14.8 Å². The van der Waals surface area contributed by atoms with E-state index >= 15 is 0 Å². The molecular formula is C15H10FNO4. The minimum Gasteiger partial charge on any atom is -0.503 e. The van der Waals surface area contributed by atoms with E-state index in [-0.39, 0.29) is 11.3 Å². The summed E-state index contributed by atoms with van der Waals surface area (Å²) in [6.45, 7) is 0.